The van der Waals surface area contributed by atoms with Crippen LogP contribution >= 0.6 is 11.6 Å². The highest BCUT2D eigenvalue weighted by Gasteiger charge is 2.04. The second-order valence-electron chi connectivity index (χ2n) is 4.58. The molecule has 2 aromatic rings. The Morgan fingerprint density at radius 2 is 2.17 bits per heavy atom. The van der Waals surface area contributed by atoms with Crippen LogP contribution in [0.4, 0.5) is 0 Å². The highest BCUT2D eigenvalue weighted by atomic mass is 35.5. The van der Waals surface area contributed by atoms with Crippen molar-refractivity contribution < 1.29 is 0 Å². The van der Waals surface area contributed by atoms with E-state index in [0.29, 0.717) is 0 Å². The van der Waals surface area contributed by atoms with Gasteiger partial charge >= 0.3 is 0 Å². The summed E-state index contributed by atoms with van der Waals surface area (Å²) in [6.45, 7) is 4.02. The van der Waals surface area contributed by atoms with Gasteiger partial charge in [0.15, 0.2) is 0 Å². The van der Waals surface area contributed by atoms with E-state index in [1.807, 2.05) is 6.92 Å². The van der Waals surface area contributed by atoms with Gasteiger partial charge in [0, 0.05) is 12.9 Å². The van der Waals surface area contributed by atoms with Gasteiger partial charge in [-0.25, -0.2) is 4.98 Å². The van der Waals surface area contributed by atoms with Crippen molar-refractivity contribution in [3.05, 3.63) is 29.6 Å². The molecule has 0 saturated heterocycles. The third-order valence-corrected chi connectivity index (χ3v) is 3.51. The number of hydrogen-bond acceptors (Lipinski definition) is 2. The summed E-state index contributed by atoms with van der Waals surface area (Å²) in [5.41, 5.74) is 3.62. The minimum Gasteiger partial charge on any atom is -0.331 e. The molecule has 0 saturated carbocycles. The van der Waals surface area contributed by atoms with E-state index in [0.717, 1.165) is 43.2 Å². The number of aryl methyl sites for hydroxylation is 2. The third-order valence-electron chi connectivity index (χ3n) is 3.25. The van der Waals surface area contributed by atoms with Crippen molar-refractivity contribution in [3.8, 4) is 0 Å². The smallest absolute Gasteiger partial charge is 0.106 e. The SMILES string of the molecule is Cc1nc2cc(CCNCCCCl)ccc2n1C. The minimum atomic E-state index is 0.728. The summed E-state index contributed by atoms with van der Waals surface area (Å²) >= 11 is 5.63. The predicted octanol–water partition coefficient (Wildman–Crippen LogP) is 2.64. The van der Waals surface area contributed by atoms with Crippen LogP contribution in [0.15, 0.2) is 18.2 Å². The molecule has 98 valence electrons. The van der Waals surface area contributed by atoms with Gasteiger partial charge in [-0.3, -0.25) is 0 Å². The van der Waals surface area contributed by atoms with E-state index >= 15 is 0 Å². The fourth-order valence-corrected chi connectivity index (χ4v) is 2.20. The van der Waals surface area contributed by atoms with E-state index in [-0.39, 0.29) is 0 Å². The van der Waals surface area contributed by atoms with Crippen molar-refractivity contribution in [1.29, 1.82) is 0 Å². The van der Waals surface area contributed by atoms with Gasteiger partial charge < -0.3 is 9.88 Å². The first-order valence-corrected chi connectivity index (χ1v) is 6.94. The van der Waals surface area contributed by atoms with Crippen LogP contribution in [0.3, 0.4) is 0 Å². The Morgan fingerprint density at radius 3 is 2.94 bits per heavy atom. The van der Waals surface area contributed by atoms with Gasteiger partial charge in [0.25, 0.3) is 0 Å². The van der Waals surface area contributed by atoms with Crippen LogP contribution in [0.5, 0.6) is 0 Å². The quantitative estimate of drug-likeness (QED) is 0.643. The Bertz CT molecular complexity index is 519. The van der Waals surface area contributed by atoms with Gasteiger partial charge in [0.1, 0.15) is 5.82 Å². The van der Waals surface area contributed by atoms with Gasteiger partial charge in [-0.2, -0.15) is 0 Å². The molecule has 0 unspecified atom stereocenters. The Balaban J connectivity index is 1.98. The standard InChI is InChI=1S/C14H20ClN3/c1-11-17-13-10-12(4-5-14(13)18(11)2)6-9-16-8-3-7-15/h4-5,10,16H,3,6-9H2,1-2H3. The van der Waals surface area contributed by atoms with E-state index in [4.69, 9.17) is 11.6 Å². The van der Waals surface area contributed by atoms with Crippen LogP contribution < -0.4 is 5.32 Å². The number of fused-ring (bicyclic) bond motifs is 1. The van der Waals surface area contributed by atoms with Gasteiger partial charge in [0.2, 0.25) is 0 Å². The molecular weight excluding hydrogens is 246 g/mol. The topological polar surface area (TPSA) is 29.9 Å². The Kier molecular flexibility index (Phi) is 4.61. The van der Waals surface area contributed by atoms with Gasteiger partial charge in [-0.05, 0) is 50.6 Å². The van der Waals surface area contributed by atoms with Gasteiger partial charge in [-0.1, -0.05) is 6.07 Å². The Morgan fingerprint density at radius 1 is 1.33 bits per heavy atom. The zero-order valence-electron chi connectivity index (χ0n) is 11.0. The molecule has 0 atom stereocenters. The highest BCUT2D eigenvalue weighted by molar-refractivity contribution is 6.17. The molecule has 0 aliphatic carbocycles. The summed E-state index contributed by atoms with van der Waals surface area (Å²) in [4.78, 5) is 4.56. The average molecular weight is 266 g/mol. The summed E-state index contributed by atoms with van der Waals surface area (Å²) in [6, 6.07) is 6.53. The Hall–Kier alpha value is -1.06. The van der Waals surface area contributed by atoms with E-state index in [2.05, 4.69) is 40.1 Å². The second kappa shape index (κ2) is 6.21. The number of benzene rings is 1. The number of halogens is 1. The van der Waals surface area contributed by atoms with E-state index in [9.17, 15) is 0 Å². The maximum absolute atomic E-state index is 5.63. The minimum absolute atomic E-state index is 0.728. The molecule has 1 N–H and O–H groups in total. The number of hydrogen-bond donors (Lipinski definition) is 1. The Labute approximate surface area is 113 Å². The second-order valence-corrected chi connectivity index (χ2v) is 4.96. The normalized spacial score (nSPS) is 11.3. The summed E-state index contributed by atoms with van der Waals surface area (Å²) in [7, 11) is 2.05. The molecule has 0 fully saturated rings. The molecular formula is C14H20ClN3. The molecule has 2 rings (SSSR count). The number of imidazole rings is 1. The van der Waals surface area contributed by atoms with Crippen molar-refractivity contribution in [2.24, 2.45) is 7.05 Å². The number of aromatic nitrogens is 2. The number of nitrogens with one attached hydrogen (secondary N) is 1. The zero-order chi connectivity index (χ0) is 13.0. The molecule has 1 heterocycles. The molecule has 0 radical (unpaired) electrons. The van der Waals surface area contributed by atoms with Crippen molar-refractivity contribution in [1.82, 2.24) is 14.9 Å². The zero-order valence-corrected chi connectivity index (χ0v) is 11.8. The van der Waals surface area contributed by atoms with Crippen LogP contribution in [-0.2, 0) is 13.5 Å². The number of rotatable bonds is 6. The molecule has 0 aliphatic heterocycles. The predicted molar refractivity (Wildman–Crippen MR) is 77.4 cm³/mol. The van der Waals surface area contributed by atoms with Crippen molar-refractivity contribution in [2.45, 2.75) is 19.8 Å². The lowest BCUT2D eigenvalue weighted by Crippen LogP contribution is -2.18. The summed E-state index contributed by atoms with van der Waals surface area (Å²) in [5.74, 6) is 1.79. The van der Waals surface area contributed by atoms with Crippen LogP contribution in [0.1, 0.15) is 17.8 Å². The molecule has 0 bridgehead atoms. The molecule has 1 aromatic heterocycles. The van der Waals surface area contributed by atoms with Crippen LogP contribution in [-0.4, -0.2) is 28.5 Å². The van der Waals surface area contributed by atoms with E-state index in [1.54, 1.807) is 0 Å². The monoisotopic (exact) mass is 265 g/mol. The maximum Gasteiger partial charge on any atom is 0.106 e. The largest absolute Gasteiger partial charge is 0.331 e. The van der Waals surface area contributed by atoms with Crippen molar-refractivity contribution in [2.75, 3.05) is 19.0 Å². The lowest BCUT2D eigenvalue weighted by Gasteiger charge is -2.04. The van der Waals surface area contributed by atoms with Gasteiger partial charge in [0.05, 0.1) is 11.0 Å². The lowest BCUT2D eigenvalue weighted by atomic mass is 10.1. The van der Waals surface area contributed by atoms with Crippen molar-refractivity contribution >= 4 is 22.6 Å². The first kappa shape index (κ1) is 13.4. The third kappa shape index (κ3) is 3.03. The molecule has 4 heteroatoms. The molecule has 0 spiro atoms. The molecule has 3 nitrogen and oxygen atoms in total. The van der Waals surface area contributed by atoms with E-state index < -0.39 is 0 Å². The maximum atomic E-state index is 5.63. The molecule has 0 aliphatic rings. The van der Waals surface area contributed by atoms with Crippen LogP contribution in [0, 0.1) is 6.92 Å². The lowest BCUT2D eigenvalue weighted by molar-refractivity contribution is 0.673. The summed E-state index contributed by atoms with van der Waals surface area (Å²) < 4.78 is 2.12. The summed E-state index contributed by atoms with van der Waals surface area (Å²) in [5, 5.41) is 3.39. The van der Waals surface area contributed by atoms with Crippen LogP contribution in [0.2, 0.25) is 0 Å². The first-order chi connectivity index (χ1) is 8.72. The van der Waals surface area contributed by atoms with E-state index in [1.165, 1.54) is 11.1 Å². The highest BCUT2D eigenvalue weighted by Crippen LogP contribution is 2.16. The first-order valence-electron chi connectivity index (χ1n) is 6.41. The fraction of sp³-hybridized carbons (Fsp3) is 0.500. The summed E-state index contributed by atoms with van der Waals surface area (Å²) in [6.07, 6.45) is 2.06. The van der Waals surface area contributed by atoms with Crippen molar-refractivity contribution in [3.63, 3.8) is 0 Å². The fourth-order valence-electron chi connectivity index (χ4n) is 2.07. The molecule has 0 amide bonds. The van der Waals surface area contributed by atoms with Crippen LogP contribution in [0.25, 0.3) is 11.0 Å². The number of nitrogens with zero attached hydrogens (tertiary/aromatic N) is 2. The number of alkyl halides is 1. The molecule has 18 heavy (non-hydrogen) atoms. The average Bonchev–Trinajstić information content (AvgIpc) is 2.65. The molecule has 1 aromatic carbocycles. The van der Waals surface area contributed by atoms with Gasteiger partial charge in [-0.15, -0.1) is 11.6 Å².